The molecule has 0 fully saturated rings. The Balaban J connectivity index is 1.58. The van der Waals surface area contributed by atoms with Gasteiger partial charge in [0, 0.05) is 11.4 Å². The largest absolute Gasteiger partial charge is 0.299 e. The topological polar surface area (TPSA) is 124 Å². The first-order valence-electron chi connectivity index (χ1n) is 8.42. The molecule has 0 spiro atoms. The molecule has 3 aromatic carbocycles. The molecule has 0 saturated heterocycles. The van der Waals surface area contributed by atoms with E-state index in [1.54, 1.807) is 30.6 Å². The number of nitrogens with one attached hydrogen (secondary N) is 1. The molecule has 0 bridgehead atoms. The van der Waals surface area contributed by atoms with E-state index in [9.17, 15) is 16.8 Å². The van der Waals surface area contributed by atoms with Crippen molar-refractivity contribution in [1.29, 1.82) is 0 Å². The Morgan fingerprint density at radius 3 is 2.07 bits per heavy atom. The van der Waals surface area contributed by atoms with Gasteiger partial charge in [-0.25, -0.2) is 27.0 Å². The summed E-state index contributed by atoms with van der Waals surface area (Å²) in [6.45, 7) is 0. The lowest BCUT2D eigenvalue weighted by Gasteiger charge is -2.10. The second-order valence-corrected chi connectivity index (χ2v) is 9.52. The van der Waals surface area contributed by atoms with E-state index in [1.807, 2.05) is 28.8 Å². The molecular formula is C19H16N4O4S2. The van der Waals surface area contributed by atoms with Crippen molar-refractivity contribution in [3.8, 4) is 5.69 Å². The predicted octanol–water partition coefficient (Wildman–Crippen LogP) is 2.47. The van der Waals surface area contributed by atoms with Crippen LogP contribution in [0.3, 0.4) is 0 Å². The van der Waals surface area contributed by atoms with Crippen molar-refractivity contribution in [2.45, 2.75) is 9.79 Å². The lowest BCUT2D eigenvalue weighted by atomic mass is 10.2. The zero-order chi connectivity index (χ0) is 20.6. The Labute approximate surface area is 167 Å². The average Bonchev–Trinajstić information content (AvgIpc) is 3.12. The molecule has 0 aliphatic rings. The number of para-hydroxylation sites is 2. The first-order valence-corrected chi connectivity index (χ1v) is 11.5. The molecule has 148 valence electrons. The van der Waals surface area contributed by atoms with Crippen molar-refractivity contribution in [2.75, 3.05) is 4.72 Å². The smallest absolute Gasteiger partial charge is 0.261 e. The van der Waals surface area contributed by atoms with Gasteiger partial charge in [-0.3, -0.25) is 9.29 Å². The van der Waals surface area contributed by atoms with Crippen LogP contribution in [0.15, 0.2) is 88.9 Å². The highest BCUT2D eigenvalue weighted by Gasteiger charge is 2.16. The van der Waals surface area contributed by atoms with Gasteiger partial charge in [0.15, 0.2) is 0 Å². The zero-order valence-corrected chi connectivity index (χ0v) is 16.6. The van der Waals surface area contributed by atoms with Crippen LogP contribution >= 0.6 is 0 Å². The van der Waals surface area contributed by atoms with E-state index < -0.39 is 20.0 Å². The molecule has 0 unspecified atom stereocenters. The molecule has 1 heterocycles. The van der Waals surface area contributed by atoms with E-state index in [1.165, 1.54) is 12.1 Å². The van der Waals surface area contributed by atoms with Crippen LogP contribution in [0.1, 0.15) is 0 Å². The Hall–Kier alpha value is -3.21. The molecule has 0 amide bonds. The van der Waals surface area contributed by atoms with Crippen LogP contribution in [0, 0.1) is 0 Å². The summed E-state index contributed by atoms with van der Waals surface area (Å²) in [6, 6.07) is 19.2. The summed E-state index contributed by atoms with van der Waals surface area (Å²) in [7, 11) is -7.77. The number of fused-ring (bicyclic) bond motifs is 1. The molecule has 8 nitrogen and oxygen atoms in total. The maximum atomic E-state index is 12.5. The molecule has 0 radical (unpaired) electrons. The summed E-state index contributed by atoms with van der Waals surface area (Å²) < 4.78 is 52.1. The van der Waals surface area contributed by atoms with Gasteiger partial charge in [-0.15, -0.1) is 0 Å². The summed E-state index contributed by atoms with van der Waals surface area (Å²) >= 11 is 0. The molecule has 4 aromatic rings. The third-order valence-corrected chi connectivity index (χ3v) is 6.64. The van der Waals surface area contributed by atoms with Crippen LogP contribution in [0.2, 0.25) is 0 Å². The summed E-state index contributed by atoms with van der Waals surface area (Å²) in [6.07, 6.45) is 1.71. The standard InChI is InChI=1S/C19H16N4O4S2/c20-28(24,25)16-9-11-17(12-10-16)29(26,27)22-14-5-7-15(8-6-14)23-13-21-18-3-1-2-4-19(18)23/h1-13,22H,(H2,20,24,25). The molecule has 1 aromatic heterocycles. The van der Waals surface area contributed by atoms with Gasteiger partial charge in [-0.05, 0) is 60.7 Å². The Morgan fingerprint density at radius 2 is 1.41 bits per heavy atom. The fourth-order valence-corrected chi connectivity index (χ4v) is 4.45. The molecule has 0 aliphatic heterocycles. The van der Waals surface area contributed by atoms with E-state index in [-0.39, 0.29) is 9.79 Å². The van der Waals surface area contributed by atoms with E-state index in [4.69, 9.17) is 5.14 Å². The molecule has 0 saturated carbocycles. The van der Waals surface area contributed by atoms with Crippen molar-refractivity contribution in [2.24, 2.45) is 5.14 Å². The second-order valence-electron chi connectivity index (χ2n) is 6.27. The number of benzene rings is 3. The van der Waals surface area contributed by atoms with Gasteiger partial charge < -0.3 is 0 Å². The quantitative estimate of drug-likeness (QED) is 0.505. The minimum atomic E-state index is -3.89. The van der Waals surface area contributed by atoms with Crippen molar-refractivity contribution in [1.82, 2.24) is 9.55 Å². The summed E-state index contributed by atoms with van der Waals surface area (Å²) in [5.74, 6) is 0. The van der Waals surface area contributed by atoms with E-state index in [2.05, 4.69) is 9.71 Å². The fourth-order valence-electron chi connectivity index (χ4n) is 2.88. The fraction of sp³-hybridized carbons (Fsp3) is 0. The number of aromatic nitrogens is 2. The number of anilines is 1. The first-order chi connectivity index (χ1) is 13.7. The third kappa shape index (κ3) is 3.86. The molecular weight excluding hydrogens is 412 g/mol. The Morgan fingerprint density at radius 1 is 0.793 bits per heavy atom. The van der Waals surface area contributed by atoms with Gasteiger partial charge in [0.1, 0.15) is 6.33 Å². The summed E-state index contributed by atoms with van der Waals surface area (Å²) in [5, 5.41) is 5.03. The third-order valence-electron chi connectivity index (χ3n) is 4.31. The number of nitrogens with two attached hydrogens (primary N) is 1. The SMILES string of the molecule is NS(=O)(=O)c1ccc(S(=O)(=O)Nc2ccc(-n3cnc4ccccc43)cc2)cc1. The second kappa shape index (κ2) is 6.99. The number of rotatable bonds is 5. The van der Waals surface area contributed by atoms with Crippen molar-refractivity contribution in [3.05, 3.63) is 79.1 Å². The molecule has 0 atom stereocenters. The average molecular weight is 428 g/mol. The highest BCUT2D eigenvalue weighted by Crippen LogP contribution is 2.22. The number of sulfonamides is 2. The maximum Gasteiger partial charge on any atom is 0.261 e. The van der Waals surface area contributed by atoms with Crippen LogP contribution in [0.25, 0.3) is 16.7 Å². The predicted molar refractivity (Wildman–Crippen MR) is 110 cm³/mol. The van der Waals surface area contributed by atoms with Crippen LogP contribution in [-0.2, 0) is 20.0 Å². The van der Waals surface area contributed by atoms with E-state index in [0.717, 1.165) is 28.9 Å². The number of imidazole rings is 1. The molecule has 0 aliphatic carbocycles. The monoisotopic (exact) mass is 428 g/mol. The van der Waals surface area contributed by atoms with Crippen LogP contribution in [-0.4, -0.2) is 26.4 Å². The first kappa shape index (κ1) is 19.1. The van der Waals surface area contributed by atoms with Gasteiger partial charge in [0.25, 0.3) is 10.0 Å². The maximum absolute atomic E-state index is 12.5. The van der Waals surface area contributed by atoms with Gasteiger partial charge in [-0.1, -0.05) is 12.1 Å². The van der Waals surface area contributed by atoms with E-state index in [0.29, 0.717) is 5.69 Å². The van der Waals surface area contributed by atoms with Gasteiger partial charge >= 0.3 is 0 Å². The summed E-state index contributed by atoms with van der Waals surface area (Å²) in [4.78, 5) is 4.11. The van der Waals surface area contributed by atoms with Gasteiger partial charge in [-0.2, -0.15) is 0 Å². The normalized spacial score (nSPS) is 12.2. The van der Waals surface area contributed by atoms with Crippen molar-refractivity contribution >= 4 is 36.8 Å². The van der Waals surface area contributed by atoms with Crippen LogP contribution in [0.4, 0.5) is 5.69 Å². The number of hydrogen-bond donors (Lipinski definition) is 2. The minimum absolute atomic E-state index is 0.0745. The number of nitrogens with zero attached hydrogens (tertiary/aromatic N) is 2. The number of primary sulfonamides is 1. The minimum Gasteiger partial charge on any atom is -0.299 e. The molecule has 3 N–H and O–H groups in total. The van der Waals surface area contributed by atoms with Crippen molar-refractivity contribution in [3.63, 3.8) is 0 Å². The lowest BCUT2D eigenvalue weighted by Crippen LogP contribution is -2.15. The Bertz CT molecular complexity index is 1390. The number of hydrogen-bond acceptors (Lipinski definition) is 5. The molecule has 4 rings (SSSR count). The van der Waals surface area contributed by atoms with Crippen LogP contribution in [0.5, 0.6) is 0 Å². The molecule has 29 heavy (non-hydrogen) atoms. The van der Waals surface area contributed by atoms with Gasteiger partial charge in [0.05, 0.1) is 20.8 Å². The van der Waals surface area contributed by atoms with E-state index >= 15 is 0 Å². The zero-order valence-electron chi connectivity index (χ0n) is 14.9. The highest BCUT2D eigenvalue weighted by atomic mass is 32.2. The van der Waals surface area contributed by atoms with Crippen molar-refractivity contribution < 1.29 is 16.8 Å². The highest BCUT2D eigenvalue weighted by molar-refractivity contribution is 7.92. The summed E-state index contributed by atoms with van der Waals surface area (Å²) in [5.41, 5.74) is 3.00. The lowest BCUT2D eigenvalue weighted by molar-refractivity contribution is 0.595. The molecule has 10 heteroatoms. The van der Waals surface area contributed by atoms with Gasteiger partial charge in [0.2, 0.25) is 10.0 Å². The Kier molecular flexibility index (Phi) is 4.61. The van der Waals surface area contributed by atoms with Crippen LogP contribution < -0.4 is 9.86 Å².